The molecule has 3 aromatic rings. The second-order valence-electron chi connectivity index (χ2n) is 5.50. The van der Waals surface area contributed by atoms with Gasteiger partial charge in [-0.1, -0.05) is 29.8 Å². The first kappa shape index (κ1) is 14.7. The lowest BCUT2D eigenvalue weighted by Crippen LogP contribution is -2.12. The Morgan fingerprint density at radius 2 is 1.77 bits per heavy atom. The maximum atomic E-state index is 12.5. The van der Waals surface area contributed by atoms with Crippen LogP contribution in [-0.4, -0.2) is 5.91 Å². The van der Waals surface area contributed by atoms with Crippen LogP contribution in [-0.2, 0) is 0 Å². The number of hydrogen-bond donors (Lipinski definition) is 1. The van der Waals surface area contributed by atoms with Gasteiger partial charge in [-0.3, -0.25) is 4.79 Å². The van der Waals surface area contributed by atoms with Gasteiger partial charge in [-0.25, -0.2) is 0 Å². The van der Waals surface area contributed by atoms with E-state index in [2.05, 4.69) is 11.4 Å². The SMILES string of the molecule is Cc1cc(C)cc(NC(=O)c2oc3c(Cl)cccc3c2C)c1. The molecule has 3 rings (SSSR count). The van der Waals surface area contributed by atoms with Gasteiger partial charge >= 0.3 is 0 Å². The molecule has 0 bridgehead atoms. The van der Waals surface area contributed by atoms with Crippen molar-refractivity contribution in [3.05, 3.63) is 63.9 Å². The first-order valence-corrected chi connectivity index (χ1v) is 7.41. The van der Waals surface area contributed by atoms with E-state index in [4.69, 9.17) is 16.0 Å². The number of carbonyl (C=O) groups is 1. The topological polar surface area (TPSA) is 42.2 Å². The number of hydrogen-bond acceptors (Lipinski definition) is 2. The van der Waals surface area contributed by atoms with Crippen LogP contribution in [0.2, 0.25) is 5.02 Å². The van der Waals surface area contributed by atoms with Crippen molar-refractivity contribution in [1.29, 1.82) is 0 Å². The van der Waals surface area contributed by atoms with Crippen LogP contribution in [0.5, 0.6) is 0 Å². The number of halogens is 1. The summed E-state index contributed by atoms with van der Waals surface area (Å²) in [5.74, 6) is 0.0250. The van der Waals surface area contributed by atoms with E-state index in [0.29, 0.717) is 16.4 Å². The third kappa shape index (κ3) is 2.60. The number of anilines is 1. The maximum Gasteiger partial charge on any atom is 0.291 e. The van der Waals surface area contributed by atoms with Crippen LogP contribution in [0.3, 0.4) is 0 Å². The van der Waals surface area contributed by atoms with Crippen molar-refractivity contribution in [1.82, 2.24) is 0 Å². The molecule has 1 aromatic heterocycles. The first-order chi connectivity index (χ1) is 10.5. The minimum absolute atomic E-state index is 0.269. The summed E-state index contributed by atoms with van der Waals surface area (Å²) in [6.45, 7) is 5.85. The van der Waals surface area contributed by atoms with Crippen molar-refractivity contribution in [2.24, 2.45) is 0 Å². The molecule has 22 heavy (non-hydrogen) atoms. The van der Waals surface area contributed by atoms with Crippen LogP contribution in [0, 0.1) is 20.8 Å². The third-order valence-electron chi connectivity index (χ3n) is 3.60. The van der Waals surface area contributed by atoms with Gasteiger partial charge in [0.15, 0.2) is 11.3 Å². The fourth-order valence-electron chi connectivity index (χ4n) is 2.66. The van der Waals surface area contributed by atoms with Gasteiger partial charge in [-0.05, 0) is 50.1 Å². The molecule has 1 N–H and O–H groups in total. The number of amides is 1. The average Bonchev–Trinajstić information content (AvgIpc) is 2.77. The number of para-hydroxylation sites is 1. The van der Waals surface area contributed by atoms with E-state index in [-0.39, 0.29) is 5.91 Å². The van der Waals surface area contributed by atoms with Crippen LogP contribution in [0.25, 0.3) is 11.0 Å². The van der Waals surface area contributed by atoms with Crippen LogP contribution < -0.4 is 5.32 Å². The van der Waals surface area contributed by atoms with E-state index >= 15 is 0 Å². The highest BCUT2D eigenvalue weighted by Gasteiger charge is 2.19. The molecule has 1 amide bonds. The predicted molar refractivity (Wildman–Crippen MR) is 89.8 cm³/mol. The molecule has 0 aliphatic carbocycles. The van der Waals surface area contributed by atoms with Gasteiger partial charge in [0.25, 0.3) is 5.91 Å². The van der Waals surface area contributed by atoms with Gasteiger partial charge in [0.05, 0.1) is 5.02 Å². The molecule has 3 nitrogen and oxygen atoms in total. The minimum Gasteiger partial charge on any atom is -0.449 e. The summed E-state index contributed by atoms with van der Waals surface area (Å²) in [5.41, 5.74) is 4.29. The fourth-order valence-corrected chi connectivity index (χ4v) is 2.87. The number of aryl methyl sites for hydroxylation is 3. The molecule has 0 unspecified atom stereocenters. The maximum absolute atomic E-state index is 12.5. The zero-order chi connectivity index (χ0) is 15.9. The van der Waals surface area contributed by atoms with Crippen LogP contribution in [0.15, 0.2) is 40.8 Å². The number of furan rings is 1. The Hall–Kier alpha value is -2.26. The standard InChI is InChI=1S/C18H16ClNO2/c1-10-7-11(2)9-13(8-10)20-18(21)16-12(3)14-5-4-6-15(19)17(14)22-16/h4-9H,1-3H3,(H,20,21). The van der Waals surface area contributed by atoms with Crippen LogP contribution in [0.1, 0.15) is 27.2 Å². The van der Waals surface area contributed by atoms with Gasteiger partial charge < -0.3 is 9.73 Å². The largest absolute Gasteiger partial charge is 0.449 e. The molecular formula is C18H16ClNO2. The number of benzene rings is 2. The van der Waals surface area contributed by atoms with E-state index in [0.717, 1.165) is 27.8 Å². The summed E-state index contributed by atoms with van der Waals surface area (Å²) in [4.78, 5) is 12.5. The summed E-state index contributed by atoms with van der Waals surface area (Å²) >= 11 is 6.12. The molecule has 0 saturated heterocycles. The highest BCUT2D eigenvalue weighted by Crippen LogP contribution is 2.31. The minimum atomic E-state index is -0.269. The number of carbonyl (C=O) groups excluding carboxylic acids is 1. The highest BCUT2D eigenvalue weighted by atomic mass is 35.5. The Labute approximate surface area is 133 Å². The monoisotopic (exact) mass is 313 g/mol. The van der Waals surface area contributed by atoms with E-state index in [1.54, 1.807) is 6.07 Å². The highest BCUT2D eigenvalue weighted by molar-refractivity contribution is 6.35. The van der Waals surface area contributed by atoms with Crippen LogP contribution >= 0.6 is 11.6 Å². The molecule has 2 aromatic carbocycles. The summed E-state index contributed by atoms with van der Waals surface area (Å²) in [6, 6.07) is 11.4. The summed E-state index contributed by atoms with van der Waals surface area (Å²) in [6.07, 6.45) is 0. The van der Waals surface area contributed by atoms with E-state index in [9.17, 15) is 4.79 Å². The van der Waals surface area contributed by atoms with Gasteiger partial charge in [-0.15, -0.1) is 0 Å². The Kier molecular flexibility index (Phi) is 3.67. The fraction of sp³-hybridized carbons (Fsp3) is 0.167. The molecule has 0 aliphatic rings. The van der Waals surface area contributed by atoms with E-state index in [1.165, 1.54) is 0 Å². The molecule has 112 valence electrons. The lowest BCUT2D eigenvalue weighted by atomic mass is 10.1. The van der Waals surface area contributed by atoms with Crippen molar-refractivity contribution < 1.29 is 9.21 Å². The smallest absolute Gasteiger partial charge is 0.291 e. The van der Waals surface area contributed by atoms with Crippen molar-refractivity contribution in [2.75, 3.05) is 5.32 Å². The quantitative estimate of drug-likeness (QED) is 0.701. The first-order valence-electron chi connectivity index (χ1n) is 7.03. The van der Waals surface area contributed by atoms with Crippen molar-refractivity contribution in [3.63, 3.8) is 0 Å². The number of nitrogens with one attached hydrogen (secondary N) is 1. The second kappa shape index (κ2) is 5.50. The molecule has 0 spiro atoms. The normalized spacial score (nSPS) is 10.9. The van der Waals surface area contributed by atoms with Crippen LogP contribution in [0.4, 0.5) is 5.69 Å². The molecule has 4 heteroatoms. The predicted octanol–water partition coefficient (Wildman–Crippen LogP) is 5.26. The lowest BCUT2D eigenvalue weighted by molar-refractivity contribution is 0.0998. The Balaban J connectivity index is 1.99. The van der Waals surface area contributed by atoms with E-state index < -0.39 is 0 Å². The Bertz CT molecular complexity index is 860. The lowest BCUT2D eigenvalue weighted by Gasteiger charge is -2.06. The molecule has 0 fully saturated rings. The van der Waals surface area contributed by atoms with Gasteiger partial charge in [0.1, 0.15) is 0 Å². The molecule has 0 radical (unpaired) electrons. The summed E-state index contributed by atoms with van der Waals surface area (Å²) in [5, 5.41) is 4.25. The zero-order valence-electron chi connectivity index (χ0n) is 12.7. The van der Waals surface area contributed by atoms with Gasteiger partial charge in [-0.2, -0.15) is 0 Å². The van der Waals surface area contributed by atoms with Crippen molar-refractivity contribution >= 4 is 34.2 Å². The van der Waals surface area contributed by atoms with Crippen molar-refractivity contribution in [2.45, 2.75) is 20.8 Å². The Morgan fingerprint density at radius 3 is 2.41 bits per heavy atom. The van der Waals surface area contributed by atoms with Gasteiger partial charge in [0.2, 0.25) is 0 Å². The molecular weight excluding hydrogens is 298 g/mol. The molecule has 1 heterocycles. The summed E-state index contributed by atoms with van der Waals surface area (Å²) < 4.78 is 5.68. The summed E-state index contributed by atoms with van der Waals surface area (Å²) in [7, 11) is 0. The van der Waals surface area contributed by atoms with Crippen molar-refractivity contribution in [3.8, 4) is 0 Å². The number of rotatable bonds is 2. The number of fused-ring (bicyclic) bond motifs is 1. The van der Waals surface area contributed by atoms with E-state index in [1.807, 2.05) is 45.0 Å². The zero-order valence-corrected chi connectivity index (χ0v) is 13.4. The third-order valence-corrected chi connectivity index (χ3v) is 3.90. The second-order valence-corrected chi connectivity index (χ2v) is 5.91. The molecule has 0 atom stereocenters. The molecule has 0 saturated carbocycles. The average molecular weight is 314 g/mol. The molecule has 0 aliphatic heterocycles. The Morgan fingerprint density at radius 1 is 1.09 bits per heavy atom. The van der Waals surface area contributed by atoms with Gasteiger partial charge in [0, 0.05) is 16.6 Å².